The van der Waals surface area contributed by atoms with Crippen molar-refractivity contribution in [2.24, 2.45) is 11.8 Å². The van der Waals surface area contributed by atoms with Crippen LogP contribution in [0.4, 0.5) is 10.6 Å². The predicted molar refractivity (Wildman–Crippen MR) is 127 cm³/mol. The summed E-state index contributed by atoms with van der Waals surface area (Å²) in [5.41, 5.74) is 1.11. The van der Waals surface area contributed by atoms with Crippen LogP contribution in [0.25, 0.3) is 11.2 Å². The van der Waals surface area contributed by atoms with E-state index in [0.717, 1.165) is 61.6 Å². The summed E-state index contributed by atoms with van der Waals surface area (Å²) >= 11 is 0. The molecule has 0 spiro atoms. The molecule has 1 N–H and O–H groups in total. The van der Waals surface area contributed by atoms with Crippen LogP contribution in [-0.4, -0.2) is 79.1 Å². The number of fused-ring (bicyclic) bond motifs is 1. The molecule has 184 valence electrons. The molecule has 2 amide bonds. The fourth-order valence-corrected chi connectivity index (χ4v) is 4.87. The quantitative estimate of drug-likeness (QED) is 0.693. The third-order valence-electron chi connectivity index (χ3n) is 6.77. The molecule has 2 aromatic rings. The molecule has 2 saturated heterocycles. The van der Waals surface area contributed by atoms with Gasteiger partial charge in [0.2, 0.25) is 5.91 Å². The van der Waals surface area contributed by atoms with Crippen LogP contribution in [0, 0.1) is 11.8 Å². The van der Waals surface area contributed by atoms with E-state index < -0.39 is 5.60 Å². The fraction of sp³-hybridized carbons (Fsp3) is 0.708. The van der Waals surface area contributed by atoms with Gasteiger partial charge in [-0.1, -0.05) is 0 Å². The lowest BCUT2D eigenvalue weighted by atomic mass is 9.96. The van der Waals surface area contributed by atoms with Crippen molar-refractivity contribution in [3.8, 4) is 0 Å². The average Bonchev–Trinajstić information content (AvgIpc) is 3.38. The molecule has 2 aromatic heterocycles. The van der Waals surface area contributed by atoms with E-state index in [-0.39, 0.29) is 18.1 Å². The smallest absolute Gasteiger partial charge is 0.410 e. The lowest BCUT2D eigenvalue weighted by molar-refractivity contribution is -0.131. The molecule has 3 aliphatic rings. The van der Waals surface area contributed by atoms with Crippen molar-refractivity contribution in [3.05, 3.63) is 12.2 Å². The summed E-state index contributed by atoms with van der Waals surface area (Å²) in [7, 11) is 0. The van der Waals surface area contributed by atoms with Crippen molar-refractivity contribution in [1.29, 1.82) is 0 Å². The maximum atomic E-state index is 12.4. The first-order chi connectivity index (χ1) is 16.2. The third kappa shape index (κ3) is 4.67. The van der Waals surface area contributed by atoms with E-state index in [1.807, 2.05) is 25.7 Å². The van der Waals surface area contributed by atoms with E-state index in [0.29, 0.717) is 31.5 Å². The van der Waals surface area contributed by atoms with Crippen molar-refractivity contribution in [2.75, 3.05) is 31.5 Å². The number of carbonyl (C=O) groups excluding carboxylic acids is 2. The zero-order chi connectivity index (χ0) is 24.0. The number of anilines is 1. The number of hydrogen-bond donors (Lipinski definition) is 1. The number of nitrogens with zero attached hydrogens (tertiary/aromatic N) is 6. The van der Waals surface area contributed by atoms with Crippen molar-refractivity contribution in [2.45, 2.75) is 71.6 Å². The molecule has 1 atom stereocenters. The number of likely N-dealkylation sites (tertiary alicyclic amines) is 2. The van der Waals surface area contributed by atoms with Crippen LogP contribution in [0.15, 0.2) is 6.33 Å². The van der Waals surface area contributed by atoms with Gasteiger partial charge in [0, 0.05) is 57.0 Å². The highest BCUT2D eigenvalue weighted by molar-refractivity contribution is 5.84. The Morgan fingerprint density at radius 1 is 1.12 bits per heavy atom. The number of hydrogen-bond acceptors (Lipinski definition) is 7. The molecule has 34 heavy (non-hydrogen) atoms. The molecule has 5 rings (SSSR count). The van der Waals surface area contributed by atoms with Crippen molar-refractivity contribution >= 4 is 29.0 Å². The zero-order valence-corrected chi connectivity index (χ0v) is 20.6. The summed E-state index contributed by atoms with van der Waals surface area (Å²) in [4.78, 5) is 42.3. The summed E-state index contributed by atoms with van der Waals surface area (Å²) in [6.45, 7) is 11.4. The standard InChI is InChI=1S/C24H35N7O3/c1-5-31-18(10-15-11-30(12-15)23(33)34-24(2,3)4)28-19-20(25-14-26-21(19)31)27-17-8-9-29(13-17)22(32)16-6-7-16/h14-17H,5-13H2,1-4H3,(H,25,26,27). The molecule has 4 heterocycles. The Labute approximate surface area is 200 Å². The van der Waals surface area contributed by atoms with Crippen LogP contribution in [0.5, 0.6) is 0 Å². The molecular formula is C24H35N7O3. The van der Waals surface area contributed by atoms with E-state index in [1.165, 1.54) is 0 Å². The Hall–Kier alpha value is -2.91. The summed E-state index contributed by atoms with van der Waals surface area (Å²) in [5.74, 6) is 2.59. The van der Waals surface area contributed by atoms with E-state index in [1.54, 1.807) is 11.2 Å². The lowest BCUT2D eigenvalue weighted by Crippen LogP contribution is -2.52. The second-order valence-corrected chi connectivity index (χ2v) is 10.8. The molecule has 0 radical (unpaired) electrons. The number of imidazole rings is 1. The Balaban J connectivity index is 1.25. The van der Waals surface area contributed by atoms with Gasteiger partial charge in [-0.25, -0.2) is 19.7 Å². The van der Waals surface area contributed by atoms with E-state index in [4.69, 9.17) is 9.72 Å². The fourth-order valence-electron chi connectivity index (χ4n) is 4.87. The second-order valence-electron chi connectivity index (χ2n) is 10.8. The van der Waals surface area contributed by atoms with Crippen LogP contribution in [0.1, 0.15) is 52.8 Å². The van der Waals surface area contributed by atoms with Crippen molar-refractivity contribution in [1.82, 2.24) is 29.3 Å². The third-order valence-corrected chi connectivity index (χ3v) is 6.77. The lowest BCUT2D eigenvalue weighted by Gasteiger charge is -2.39. The minimum Gasteiger partial charge on any atom is -0.444 e. The van der Waals surface area contributed by atoms with Crippen LogP contribution in [-0.2, 0) is 22.5 Å². The highest BCUT2D eigenvalue weighted by atomic mass is 16.6. The van der Waals surface area contributed by atoms with Gasteiger partial charge in [-0.2, -0.15) is 0 Å². The molecule has 10 nitrogen and oxygen atoms in total. The van der Waals surface area contributed by atoms with Crippen LogP contribution < -0.4 is 5.32 Å². The first kappa shape index (κ1) is 22.9. The van der Waals surface area contributed by atoms with Gasteiger partial charge < -0.3 is 24.4 Å². The maximum absolute atomic E-state index is 12.4. The second kappa shape index (κ2) is 8.70. The first-order valence-electron chi connectivity index (χ1n) is 12.4. The number of rotatable bonds is 6. The van der Waals surface area contributed by atoms with Gasteiger partial charge in [-0.15, -0.1) is 0 Å². The summed E-state index contributed by atoms with van der Waals surface area (Å²) in [6, 6.07) is 0.171. The summed E-state index contributed by atoms with van der Waals surface area (Å²) < 4.78 is 7.60. The predicted octanol–water partition coefficient (Wildman–Crippen LogP) is 2.68. The van der Waals surface area contributed by atoms with E-state index >= 15 is 0 Å². The number of nitrogens with one attached hydrogen (secondary N) is 1. The largest absolute Gasteiger partial charge is 0.444 e. The van der Waals surface area contributed by atoms with Gasteiger partial charge in [0.15, 0.2) is 17.0 Å². The highest BCUT2D eigenvalue weighted by Gasteiger charge is 2.37. The molecule has 0 aromatic carbocycles. The number of amides is 2. The number of ether oxygens (including phenoxy) is 1. The van der Waals surface area contributed by atoms with Gasteiger partial charge >= 0.3 is 6.09 Å². The van der Waals surface area contributed by atoms with Crippen molar-refractivity contribution in [3.63, 3.8) is 0 Å². The van der Waals surface area contributed by atoms with Crippen LogP contribution in [0.2, 0.25) is 0 Å². The monoisotopic (exact) mass is 469 g/mol. The number of aromatic nitrogens is 4. The molecule has 0 bridgehead atoms. The van der Waals surface area contributed by atoms with Gasteiger partial charge in [-0.3, -0.25) is 4.79 Å². The topological polar surface area (TPSA) is 105 Å². The molecule has 1 unspecified atom stereocenters. The van der Waals surface area contributed by atoms with Gasteiger partial charge in [0.25, 0.3) is 0 Å². The van der Waals surface area contributed by atoms with Gasteiger partial charge in [-0.05, 0) is 47.0 Å². The Morgan fingerprint density at radius 2 is 1.88 bits per heavy atom. The van der Waals surface area contributed by atoms with Crippen molar-refractivity contribution < 1.29 is 14.3 Å². The normalized spacial score (nSPS) is 21.1. The Morgan fingerprint density at radius 3 is 2.56 bits per heavy atom. The first-order valence-corrected chi connectivity index (χ1v) is 12.4. The molecule has 3 fully saturated rings. The molecule has 10 heteroatoms. The SMILES string of the molecule is CCn1c(CC2CN(C(=O)OC(C)(C)C)C2)nc2c(NC3CCN(C(=O)C4CC4)C3)ncnc21. The van der Waals surface area contributed by atoms with E-state index in [2.05, 4.69) is 26.8 Å². The minimum absolute atomic E-state index is 0.171. The van der Waals surface area contributed by atoms with Crippen LogP contribution >= 0.6 is 0 Å². The molecule has 1 aliphatic carbocycles. The number of carbonyl (C=O) groups is 2. The van der Waals surface area contributed by atoms with E-state index in [9.17, 15) is 9.59 Å². The molecular weight excluding hydrogens is 434 g/mol. The molecule has 1 saturated carbocycles. The number of aryl methyl sites for hydroxylation is 1. The Bertz CT molecular complexity index is 1080. The maximum Gasteiger partial charge on any atom is 0.410 e. The van der Waals surface area contributed by atoms with Crippen LogP contribution in [0.3, 0.4) is 0 Å². The molecule has 2 aliphatic heterocycles. The average molecular weight is 470 g/mol. The summed E-state index contributed by atoms with van der Waals surface area (Å²) in [6.07, 6.45) is 5.08. The van der Waals surface area contributed by atoms with Gasteiger partial charge in [0.05, 0.1) is 0 Å². The summed E-state index contributed by atoms with van der Waals surface area (Å²) in [5, 5.41) is 3.53. The minimum atomic E-state index is -0.484. The highest BCUT2D eigenvalue weighted by Crippen LogP contribution is 2.33. The Kier molecular flexibility index (Phi) is 5.85. The van der Waals surface area contributed by atoms with Gasteiger partial charge in [0.1, 0.15) is 17.8 Å². The zero-order valence-electron chi connectivity index (χ0n) is 20.6.